The molecule has 2 nitrogen and oxygen atoms in total. The van der Waals surface area contributed by atoms with E-state index in [2.05, 4.69) is 40.3 Å². The molecule has 0 radical (unpaired) electrons. The molecule has 1 amide bonds. The number of hydrogen-bond acceptors (Lipinski definition) is 2. The van der Waals surface area contributed by atoms with E-state index in [1.807, 2.05) is 12.1 Å². The Kier molecular flexibility index (Phi) is 5.13. The summed E-state index contributed by atoms with van der Waals surface area (Å²) in [4.78, 5) is 13.5. The highest BCUT2D eigenvalue weighted by Gasteiger charge is 2.29. The van der Waals surface area contributed by atoms with Crippen molar-refractivity contribution in [3.8, 4) is 0 Å². The standard InChI is InChI=1S/C14H18BrNOS/c1-10(5-4-8-15)16-14(17)12-9-18-13-7-3-2-6-11(12)13/h2-3,6-7,10,12H,4-5,8-9H2,1H3,(H,16,17). The minimum absolute atomic E-state index is 0.0256. The Bertz CT molecular complexity index is 424. The predicted molar refractivity (Wildman–Crippen MR) is 80.5 cm³/mol. The number of rotatable bonds is 5. The van der Waals surface area contributed by atoms with Crippen molar-refractivity contribution in [3.63, 3.8) is 0 Å². The number of benzene rings is 1. The van der Waals surface area contributed by atoms with Gasteiger partial charge in [0.05, 0.1) is 5.92 Å². The van der Waals surface area contributed by atoms with Crippen LogP contribution in [-0.4, -0.2) is 23.0 Å². The Morgan fingerprint density at radius 1 is 1.56 bits per heavy atom. The smallest absolute Gasteiger partial charge is 0.228 e. The van der Waals surface area contributed by atoms with Gasteiger partial charge in [-0.05, 0) is 31.4 Å². The zero-order chi connectivity index (χ0) is 13.0. The van der Waals surface area contributed by atoms with Gasteiger partial charge in [0.15, 0.2) is 0 Å². The van der Waals surface area contributed by atoms with Gasteiger partial charge in [0.1, 0.15) is 0 Å². The Morgan fingerprint density at radius 2 is 2.33 bits per heavy atom. The summed E-state index contributed by atoms with van der Waals surface area (Å²) in [6, 6.07) is 8.47. The Labute approximate surface area is 121 Å². The second-order valence-electron chi connectivity index (χ2n) is 4.64. The first-order valence-corrected chi connectivity index (χ1v) is 8.41. The molecule has 0 bridgehead atoms. The van der Waals surface area contributed by atoms with Crippen molar-refractivity contribution in [2.75, 3.05) is 11.1 Å². The summed E-state index contributed by atoms with van der Waals surface area (Å²) >= 11 is 5.20. The number of alkyl halides is 1. The number of carbonyl (C=O) groups is 1. The van der Waals surface area contributed by atoms with Crippen molar-refractivity contribution in [1.29, 1.82) is 0 Å². The van der Waals surface area contributed by atoms with Gasteiger partial charge in [-0.15, -0.1) is 11.8 Å². The zero-order valence-corrected chi connectivity index (χ0v) is 12.9. The zero-order valence-electron chi connectivity index (χ0n) is 10.5. The van der Waals surface area contributed by atoms with Crippen molar-refractivity contribution in [3.05, 3.63) is 29.8 Å². The number of amides is 1. The normalized spacial score (nSPS) is 19.3. The molecule has 0 spiro atoms. The minimum atomic E-state index is 0.0256. The maximum absolute atomic E-state index is 12.2. The fourth-order valence-corrected chi connectivity index (χ4v) is 3.73. The molecule has 2 unspecified atom stereocenters. The van der Waals surface area contributed by atoms with Gasteiger partial charge in [-0.3, -0.25) is 4.79 Å². The van der Waals surface area contributed by atoms with Crippen LogP contribution in [0, 0.1) is 0 Å². The predicted octanol–water partition coefficient (Wildman–Crippen LogP) is 3.56. The summed E-state index contributed by atoms with van der Waals surface area (Å²) in [5.41, 5.74) is 1.19. The van der Waals surface area contributed by atoms with Crippen LogP contribution < -0.4 is 5.32 Å². The van der Waals surface area contributed by atoms with Crippen molar-refractivity contribution in [2.24, 2.45) is 0 Å². The minimum Gasteiger partial charge on any atom is -0.353 e. The molecule has 98 valence electrons. The summed E-state index contributed by atoms with van der Waals surface area (Å²) in [5.74, 6) is 1.07. The Balaban J connectivity index is 1.95. The van der Waals surface area contributed by atoms with E-state index in [-0.39, 0.29) is 17.9 Å². The quantitative estimate of drug-likeness (QED) is 0.838. The maximum atomic E-state index is 12.2. The van der Waals surface area contributed by atoms with E-state index in [9.17, 15) is 4.79 Å². The number of thioether (sulfide) groups is 1. The van der Waals surface area contributed by atoms with Gasteiger partial charge in [0.25, 0.3) is 0 Å². The van der Waals surface area contributed by atoms with Gasteiger partial charge in [0.2, 0.25) is 5.91 Å². The molecule has 0 saturated heterocycles. The summed E-state index contributed by atoms with van der Waals surface area (Å²) in [7, 11) is 0. The molecule has 18 heavy (non-hydrogen) atoms. The monoisotopic (exact) mass is 327 g/mol. The van der Waals surface area contributed by atoms with Crippen molar-refractivity contribution < 1.29 is 4.79 Å². The topological polar surface area (TPSA) is 29.1 Å². The van der Waals surface area contributed by atoms with Gasteiger partial charge >= 0.3 is 0 Å². The van der Waals surface area contributed by atoms with E-state index in [1.54, 1.807) is 11.8 Å². The van der Waals surface area contributed by atoms with E-state index >= 15 is 0 Å². The van der Waals surface area contributed by atoms with Crippen molar-refractivity contribution in [1.82, 2.24) is 5.32 Å². The van der Waals surface area contributed by atoms with Crippen LogP contribution in [-0.2, 0) is 4.79 Å². The molecule has 0 fully saturated rings. The van der Waals surface area contributed by atoms with E-state index in [0.717, 1.165) is 23.9 Å². The van der Waals surface area contributed by atoms with Gasteiger partial charge in [0, 0.05) is 22.0 Å². The number of halogens is 1. The van der Waals surface area contributed by atoms with E-state index in [0.29, 0.717) is 0 Å². The molecule has 1 N–H and O–H groups in total. The van der Waals surface area contributed by atoms with Gasteiger partial charge in [-0.1, -0.05) is 34.1 Å². The molecule has 1 aromatic carbocycles. The average molecular weight is 328 g/mol. The highest BCUT2D eigenvalue weighted by Crippen LogP contribution is 2.39. The lowest BCUT2D eigenvalue weighted by molar-refractivity contribution is -0.122. The number of carbonyl (C=O) groups excluding carboxylic acids is 1. The Hall–Kier alpha value is -0.480. The average Bonchev–Trinajstić information content (AvgIpc) is 2.80. The third-order valence-corrected chi connectivity index (χ3v) is 4.92. The molecule has 0 aliphatic carbocycles. The largest absolute Gasteiger partial charge is 0.353 e. The second-order valence-corrected chi connectivity index (χ2v) is 6.50. The first-order chi connectivity index (χ1) is 8.72. The highest BCUT2D eigenvalue weighted by molar-refractivity contribution is 9.09. The van der Waals surface area contributed by atoms with Crippen LogP contribution in [0.15, 0.2) is 29.2 Å². The van der Waals surface area contributed by atoms with Crippen LogP contribution in [0.25, 0.3) is 0 Å². The molecular formula is C14H18BrNOS. The SMILES string of the molecule is CC(CCCBr)NC(=O)C1CSc2ccccc21. The summed E-state index contributed by atoms with van der Waals surface area (Å²) < 4.78 is 0. The molecule has 1 heterocycles. The molecule has 4 heteroatoms. The third kappa shape index (κ3) is 3.29. The van der Waals surface area contributed by atoms with Crippen LogP contribution in [0.4, 0.5) is 0 Å². The second kappa shape index (κ2) is 6.62. The number of hydrogen-bond donors (Lipinski definition) is 1. The van der Waals surface area contributed by atoms with Crippen LogP contribution in [0.3, 0.4) is 0 Å². The maximum Gasteiger partial charge on any atom is 0.228 e. The molecule has 1 aliphatic rings. The fourth-order valence-electron chi connectivity index (χ4n) is 2.18. The Morgan fingerprint density at radius 3 is 3.11 bits per heavy atom. The molecule has 2 atom stereocenters. The first kappa shape index (κ1) is 13.9. The number of nitrogens with one attached hydrogen (secondary N) is 1. The van der Waals surface area contributed by atoms with Crippen LogP contribution in [0.1, 0.15) is 31.2 Å². The van der Waals surface area contributed by atoms with Crippen LogP contribution in [0.2, 0.25) is 0 Å². The number of fused-ring (bicyclic) bond motifs is 1. The van der Waals surface area contributed by atoms with Gasteiger partial charge in [-0.2, -0.15) is 0 Å². The van der Waals surface area contributed by atoms with E-state index in [1.165, 1.54) is 10.5 Å². The van der Waals surface area contributed by atoms with E-state index < -0.39 is 0 Å². The van der Waals surface area contributed by atoms with Crippen LogP contribution in [0.5, 0.6) is 0 Å². The molecule has 1 aliphatic heterocycles. The third-order valence-electron chi connectivity index (χ3n) is 3.18. The molecular weight excluding hydrogens is 310 g/mol. The molecule has 1 aromatic rings. The van der Waals surface area contributed by atoms with Crippen molar-refractivity contribution >= 4 is 33.6 Å². The molecule has 0 saturated carbocycles. The summed E-state index contributed by atoms with van der Waals surface area (Å²) in [6.45, 7) is 2.08. The lowest BCUT2D eigenvalue weighted by Crippen LogP contribution is -2.36. The van der Waals surface area contributed by atoms with Gasteiger partial charge in [-0.25, -0.2) is 0 Å². The van der Waals surface area contributed by atoms with Gasteiger partial charge < -0.3 is 5.32 Å². The summed E-state index contributed by atoms with van der Waals surface area (Å²) in [5, 5.41) is 4.12. The highest BCUT2D eigenvalue weighted by atomic mass is 79.9. The lowest BCUT2D eigenvalue weighted by atomic mass is 10.00. The molecule has 0 aromatic heterocycles. The lowest BCUT2D eigenvalue weighted by Gasteiger charge is -2.17. The van der Waals surface area contributed by atoms with Crippen LogP contribution >= 0.6 is 27.7 Å². The van der Waals surface area contributed by atoms with E-state index in [4.69, 9.17) is 0 Å². The fraction of sp³-hybridized carbons (Fsp3) is 0.500. The van der Waals surface area contributed by atoms with Crippen molar-refractivity contribution in [2.45, 2.75) is 36.6 Å². The summed E-state index contributed by atoms with van der Waals surface area (Å²) in [6.07, 6.45) is 2.12. The first-order valence-electron chi connectivity index (χ1n) is 6.30. The molecule has 2 rings (SSSR count).